The minimum atomic E-state index is -2.19. The van der Waals surface area contributed by atoms with Crippen LogP contribution >= 0.6 is 23.2 Å². The molecule has 0 N–H and O–H groups in total. The topological polar surface area (TPSA) is 47.0 Å². The van der Waals surface area contributed by atoms with Gasteiger partial charge in [0.15, 0.2) is 17.2 Å². The van der Waals surface area contributed by atoms with Crippen LogP contribution in [0.4, 0.5) is 4.39 Å². The third-order valence-corrected chi connectivity index (χ3v) is 5.18. The number of pyridine rings is 1. The Kier molecular flexibility index (Phi) is 4.94. The lowest BCUT2D eigenvalue weighted by atomic mass is 9.77. The largest absolute Gasteiger partial charge is 0.296 e. The van der Waals surface area contributed by atoms with Gasteiger partial charge >= 0.3 is 0 Å². The van der Waals surface area contributed by atoms with E-state index in [2.05, 4.69) is 4.98 Å². The van der Waals surface area contributed by atoms with E-state index in [9.17, 15) is 9.59 Å². The lowest BCUT2D eigenvalue weighted by Crippen LogP contribution is -2.37. The van der Waals surface area contributed by atoms with Crippen molar-refractivity contribution in [2.75, 3.05) is 0 Å². The van der Waals surface area contributed by atoms with Crippen LogP contribution in [0.3, 0.4) is 0 Å². The Morgan fingerprint density at radius 2 is 2.12 bits per heavy atom. The van der Waals surface area contributed by atoms with Crippen molar-refractivity contribution in [3.63, 3.8) is 0 Å². The SMILES string of the molecule is C[C@H](CC(=O)[C@]1(F)CCC(=O)c2ncccc21)c1ccc(Cl)cc1Cl. The van der Waals surface area contributed by atoms with Crippen LogP contribution in [0.1, 0.15) is 53.7 Å². The van der Waals surface area contributed by atoms with E-state index in [1.54, 1.807) is 24.3 Å². The molecule has 3 rings (SSSR count). The number of Topliss-reactive ketones (excluding diaryl/α,β-unsaturated/α-hetero) is 2. The number of ketones is 2. The van der Waals surface area contributed by atoms with E-state index in [4.69, 9.17) is 23.2 Å². The van der Waals surface area contributed by atoms with Crippen LogP contribution in [-0.2, 0) is 10.5 Å². The first-order valence-corrected chi connectivity index (χ1v) is 8.74. The van der Waals surface area contributed by atoms with E-state index in [-0.39, 0.29) is 42.2 Å². The summed E-state index contributed by atoms with van der Waals surface area (Å²) in [6.07, 6.45) is 1.23. The van der Waals surface area contributed by atoms with Gasteiger partial charge in [0.25, 0.3) is 0 Å². The molecule has 3 nitrogen and oxygen atoms in total. The Hall–Kier alpha value is -1.78. The number of fused-ring (bicyclic) bond motifs is 1. The highest BCUT2D eigenvalue weighted by atomic mass is 35.5. The Morgan fingerprint density at radius 3 is 2.84 bits per heavy atom. The van der Waals surface area contributed by atoms with Crippen molar-refractivity contribution in [3.8, 4) is 0 Å². The van der Waals surface area contributed by atoms with Gasteiger partial charge in [0.05, 0.1) is 0 Å². The summed E-state index contributed by atoms with van der Waals surface area (Å²) >= 11 is 12.1. The van der Waals surface area contributed by atoms with Crippen molar-refractivity contribution in [1.82, 2.24) is 4.98 Å². The first-order valence-electron chi connectivity index (χ1n) is 7.99. The Labute approximate surface area is 155 Å². The van der Waals surface area contributed by atoms with Gasteiger partial charge in [0.1, 0.15) is 5.69 Å². The van der Waals surface area contributed by atoms with Crippen molar-refractivity contribution in [2.45, 2.75) is 37.8 Å². The predicted octanol–water partition coefficient (Wildman–Crippen LogP) is 5.29. The zero-order valence-corrected chi connectivity index (χ0v) is 15.1. The summed E-state index contributed by atoms with van der Waals surface area (Å²) in [6, 6.07) is 8.04. The molecule has 130 valence electrons. The molecule has 0 aliphatic heterocycles. The van der Waals surface area contributed by atoms with Crippen molar-refractivity contribution in [3.05, 3.63) is 63.4 Å². The molecule has 1 aromatic heterocycles. The van der Waals surface area contributed by atoms with Crippen molar-refractivity contribution >= 4 is 34.8 Å². The van der Waals surface area contributed by atoms with E-state index in [0.717, 1.165) is 5.56 Å². The summed E-state index contributed by atoms with van der Waals surface area (Å²) in [4.78, 5) is 28.7. The van der Waals surface area contributed by atoms with E-state index in [1.165, 1.54) is 12.3 Å². The average Bonchev–Trinajstić information content (AvgIpc) is 2.58. The number of carbonyl (C=O) groups is 2. The van der Waals surface area contributed by atoms with E-state index >= 15 is 4.39 Å². The second-order valence-corrected chi connectivity index (χ2v) is 7.16. The molecular formula is C19H16Cl2FNO2. The van der Waals surface area contributed by atoms with E-state index in [0.29, 0.717) is 10.0 Å². The van der Waals surface area contributed by atoms with Crippen LogP contribution in [0.5, 0.6) is 0 Å². The molecule has 2 aromatic rings. The summed E-state index contributed by atoms with van der Waals surface area (Å²) in [6.45, 7) is 1.81. The third kappa shape index (κ3) is 3.33. The summed E-state index contributed by atoms with van der Waals surface area (Å²) in [5.41, 5.74) is -1.32. The highest BCUT2D eigenvalue weighted by molar-refractivity contribution is 6.35. The van der Waals surface area contributed by atoms with Crippen molar-refractivity contribution in [1.29, 1.82) is 0 Å². The average molecular weight is 380 g/mol. The van der Waals surface area contributed by atoms with Gasteiger partial charge in [-0.1, -0.05) is 42.3 Å². The maximum absolute atomic E-state index is 15.6. The fourth-order valence-electron chi connectivity index (χ4n) is 3.23. The maximum Gasteiger partial charge on any atom is 0.196 e. The molecule has 0 bridgehead atoms. The van der Waals surface area contributed by atoms with E-state index in [1.807, 2.05) is 6.92 Å². The summed E-state index contributed by atoms with van der Waals surface area (Å²) in [7, 11) is 0. The molecule has 6 heteroatoms. The van der Waals surface area contributed by atoms with Gasteiger partial charge < -0.3 is 0 Å². The minimum absolute atomic E-state index is 0.0255. The molecule has 1 aromatic carbocycles. The lowest BCUT2D eigenvalue weighted by molar-refractivity contribution is -0.132. The van der Waals surface area contributed by atoms with Crippen LogP contribution in [0.15, 0.2) is 36.5 Å². The highest BCUT2D eigenvalue weighted by Crippen LogP contribution is 2.41. The lowest BCUT2D eigenvalue weighted by Gasteiger charge is -2.30. The van der Waals surface area contributed by atoms with Gasteiger partial charge in [-0.2, -0.15) is 0 Å². The van der Waals surface area contributed by atoms with Gasteiger partial charge in [-0.3, -0.25) is 14.6 Å². The molecule has 0 radical (unpaired) electrons. The van der Waals surface area contributed by atoms with E-state index < -0.39 is 11.5 Å². The summed E-state index contributed by atoms with van der Waals surface area (Å²) in [5.74, 6) is -1.07. The van der Waals surface area contributed by atoms with Crippen LogP contribution in [0, 0.1) is 0 Å². The summed E-state index contributed by atoms with van der Waals surface area (Å²) in [5, 5.41) is 0.946. The number of hydrogen-bond donors (Lipinski definition) is 0. The standard InChI is InChI=1S/C19H16Cl2FNO2/c1-11(13-5-4-12(20)10-15(13)21)9-17(25)19(22)7-6-16(24)18-14(19)3-2-8-23-18/h2-5,8,10-11H,6-7,9H2,1H3/t11-,19+/m1/s1. The molecular weight excluding hydrogens is 364 g/mol. The fraction of sp³-hybridized carbons (Fsp3) is 0.316. The monoisotopic (exact) mass is 379 g/mol. The second kappa shape index (κ2) is 6.85. The van der Waals surface area contributed by atoms with Gasteiger partial charge in [0.2, 0.25) is 0 Å². The molecule has 0 saturated heterocycles. The smallest absolute Gasteiger partial charge is 0.196 e. The molecule has 25 heavy (non-hydrogen) atoms. The normalized spacial score (nSPS) is 20.9. The third-order valence-electron chi connectivity index (χ3n) is 4.62. The number of hydrogen-bond acceptors (Lipinski definition) is 3. The Bertz CT molecular complexity index is 855. The number of nitrogens with zero attached hydrogens (tertiary/aromatic N) is 1. The van der Waals surface area contributed by atoms with Crippen LogP contribution in [0.2, 0.25) is 10.0 Å². The van der Waals surface area contributed by atoms with Gasteiger partial charge in [0, 0.05) is 41.1 Å². The molecule has 1 aliphatic carbocycles. The molecule has 0 saturated carbocycles. The molecule has 0 amide bonds. The number of aromatic nitrogens is 1. The first-order chi connectivity index (χ1) is 11.8. The van der Waals surface area contributed by atoms with Crippen LogP contribution in [-0.4, -0.2) is 16.6 Å². The number of carbonyl (C=O) groups excluding carboxylic acids is 2. The molecule has 0 fully saturated rings. The van der Waals surface area contributed by atoms with Gasteiger partial charge in [-0.05, 0) is 29.7 Å². The zero-order valence-electron chi connectivity index (χ0n) is 13.6. The predicted molar refractivity (Wildman–Crippen MR) is 95.1 cm³/mol. The van der Waals surface area contributed by atoms with Crippen molar-refractivity contribution in [2.24, 2.45) is 0 Å². The molecule has 1 heterocycles. The second-order valence-electron chi connectivity index (χ2n) is 6.32. The Balaban J connectivity index is 1.88. The number of halogens is 3. The van der Waals surface area contributed by atoms with Crippen LogP contribution < -0.4 is 0 Å². The van der Waals surface area contributed by atoms with Gasteiger partial charge in [-0.25, -0.2) is 4.39 Å². The molecule has 2 atom stereocenters. The fourth-order valence-corrected chi connectivity index (χ4v) is 3.82. The first kappa shape index (κ1) is 18.0. The number of benzene rings is 1. The molecule has 0 spiro atoms. The molecule has 0 unspecified atom stereocenters. The maximum atomic E-state index is 15.6. The quantitative estimate of drug-likeness (QED) is 0.724. The highest BCUT2D eigenvalue weighted by Gasteiger charge is 2.46. The number of rotatable bonds is 4. The zero-order chi connectivity index (χ0) is 18.2. The summed E-state index contributed by atoms with van der Waals surface area (Å²) < 4.78 is 15.6. The molecule has 1 aliphatic rings. The van der Waals surface area contributed by atoms with Crippen LogP contribution in [0.25, 0.3) is 0 Å². The minimum Gasteiger partial charge on any atom is -0.296 e. The Morgan fingerprint density at radius 1 is 1.36 bits per heavy atom. The van der Waals surface area contributed by atoms with Crippen molar-refractivity contribution < 1.29 is 14.0 Å². The van der Waals surface area contributed by atoms with Gasteiger partial charge in [-0.15, -0.1) is 0 Å². The number of alkyl halides is 1.